The standard InChI is InChI=1S/C27H24O7/c1-5-16-6-8-17(9-7-16)12-22-25(28)20-11-10-19(15-21(20)34-22)33-27(29)18-13-23(30-2)26(32-4)24(14-18)31-3/h6-15H,5H2,1-4H3/b22-12-. The molecule has 0 unspecified atom stereocenters. The van der Waals surface area contributed by atoms with Crippen molar-refractivity contribution in [1.29, 1.82) is 0 Å². The first-order valence-corrected chi connectivity index (χ1v) is 10.7. The average molecular weight is 460 g/mol. The molecule has 1 aliphatic heterocycles. The zero-order valence-corrected chi connectivity index (χ0v) is 19.3. The minimum Gasteiger partial charge on any atom is -0.493 e. The van der Waals surface area contributed by atoms with Gasteiger partial charge in [0.2, 0.25) is 11.5 Å². The quantitative estimate of drug-likeness (QED) is 0.275. The van der Waals surface area contributed by atoms with Crippen LogP contribution in [-0.4, -0.2) is 33.1 Å². The Hall–Kier alpha value is -4.26. The van der Waals surface area contributed by atoms with Crippen LogP contribution in [0, 0.1) is 0 Å². The summed E-state index contributed by atoms with van der Waals surface area (Å²) in [7, 11) is 4.40. The Morgan fingerprint density at radius 2 is 1.59 bits per heavy atom. The maximum Gasteiger partial charge on any atom is 0.343 e. The Morgan fingerprint density at radius 3 is 2.18 bits per heavy atom. The van der Waals surface area contributed by atoms with Crippen molar-refractivity contribution < 1.29 is 33.3 Å². The molecule has 1 aliphatic rings. The lowest BCUT2D eigenvalue weighted by atomic mass is 10.1. The van der Waals surface area contributed by atoms with Crippen molar-refractivity contribution in [3.8, 4) is 28.7 Å². The summed E-state index contributed by atoms with van der Waals surface area (Å²) in [5.74, 6) is 0.960. The van der Waals surface area contributed by atoms with Crippen LogP contribution in [0.25, 0.3) is 6.08 Å². The largest absolute Gasteiger partial charge is 0.493 e. The fourth-order valence-electron chi connectivity index (χ4n) is 3.60. The fraction of sp³-hybridized carbons (Fsp3) is 0.185. The van der Waals surface area contributed by atoms with E-state index in [-0.39, 0.29) is 22.9 Å². The highest BCUT2D eigenvalue weighted by Gasteiger charge is 2.28. The molecule has 0 aromatic heterocycles. The molecule has 3 aromatic carbocycles. The van der Waals surface area contributed by atoms with Gasteiger partial charge in [-0.05, 0) is 47.9 Å². The highest BCUT2D eigenvalue weighted by molar-refractivity contribution is 6.14. The number of allylic oxidation sites excluding steroid dienone is 1. The van der Waals surface area contributed by atoms with Gasteiger partial charge in [0.15, 0.2) is 17.3 Å². The summed E-state index contributed by atoms with van der Waals surface area (Å²) in [4.78, 5) is 25.5. The minimum absolute atomic E-state index is 0.211. The van der Waals surface area contributed by atoms with Crippen LogP contribution in [0.1, 0.15) is 38.8 Å². The first kappa shape index (κ1) is 22.9. The normalized spacial score (nSPS) is 13.3. The van der Waals surface area contributed by atoms with Gasteiger partial charge >= 0.3 is 5.97 Å². The van der Waals surface area contributed by atoms with Gasteiger partial charge in [-0.3, -0.25) is 4.79 Å². The molecule has 0 fully saturated rings. The number of fused-ring (bicyclic) bond motifs is 1. The Labute approximate surface area is 197 Å². The summed E-state index contributed by atoms with van der Waals surface area (Å²) in [5, 5.41) is 0. The maximum atomic E-state index is 12.8. The average Bonchev–Trinajstić information content (AvgIpc) is 3.17. The molecule has 0 spiro atoms. The lowest BCUT2D eigenvalue weighted by molar-refractivity contribution is 0.0733. The Kier molecular flexibility index (Phi) is 6.54. The number of methoxy groups -OCH3 is 3. The minimum atomic E-state index is -0.629. The number of carbonyl (C=O) groups excluding carboxylic acids is 2. The molecule has 34 heavy (non-hydrogen) atoms. The smallest absolute Gasteiger partial charge is 0.343 e. The summed E-state index contributed by atoms with van der Waals surface area (Å²) < 4.78 is 27.1. The molecule has 0 saturated carbocycles. The van der Waals surface area contributed by atoms with Crippen LogP contribution in [-0.2, 0) is 6.42 Å². The number of ether oxygens (including phenoxy) is 5. The number of carbonyl (C=O) groups is 2. The molecule has 0 bridgehead atoms. The Bertz CT molecular complexity index is 1250. The number of hydrogen-bond donors (Lipinski definition) is 0. The van der Waals surface area contributed by atoms with E-state index in [0.717, 1.165) is 12.0 Å². The van der Waals surface area contributed by atoms with Crippen molar-refractivity contribution in [2.45, 2.75) is 13.3 Å². The second kappa shape index (κ2) is 9.70. The molecular formula is C27H24O7. The third-order valence-electron chi connectivity index (χ3n) is 5.44. The van der Waals surface area contributed by atoms with Crippen LogP contribution in [0.5, 0.6) is 28.7 Å². The lowest BCUT2D eigenvalue weighted by Crippen LogP contribution is -2.09. The highest BCUT2D eigenvalue weighted by Crippen LogP contribution is 2.39. The summed E-state index contributed by atoms with van der Waals surface area (Å²) in [6, 6.07) is 15.6. The predicted octanol–water partition coefficient (Wildman–Crippen LogP) is 5.11. The maximum absolute atomic E-state index is 12.8. The predicted molar refractivity (Wildman–Crippen MR) is 126 cm³/mol. The zero-order chi connectivity index (χ0) is 24.2. The van der Waals surface area contributed by atoms with Gasteiger partial charge in [-0.1, -0.05) is 31.2 Å². The van der Waals surface area contributed by atoms with Crippen LogP contribution in [0.2, 0.25) is 0 Å². The summed E-state index contributed by atoms with van der Waals surface area (Å²) >= 11 is 0. The van der Waals surface area contributed by atoms with Crippen LogP contribution in [0.15, 0.2) is 60.4 Å². The molecule has 7 heteroatoms. The Morgan fingerprint density at radius 1 is 0.912 bits per heavy atom. The molecule has 0 amide bonds. The molecule has 0 aliphatic carbocycles. The fourth-order valence-corrected chi connectivity index (χ4v) is 3.60. The molecular weight excluding hydrogens is 436 g/mol. The van der Waals surface area contributed by atoms with E-state index < -0.39 is 5.97 Å². The molecule has 0 N–H and O–H groups in total. The van der Waals surface area contributed by atoms with E-state index in [1.54, 1.807) is 18.2 Å². The summed E-state index contributed by atoms with van der Waals surface area (Å²) in [6.07, 6.45) is 2.64. The molecule has 0 saturated heterocycles. The van der Waals surface area contributed by atoms with E-state index in [4.69, 9.17) is 23.7 Å². The van der Waals surface area contributed by atoms with Crippen LogP contribution in [0.3, 0.4) is 0 Å². The van der Waals surface area contributed by atoms with E-state index in [9.17, 15) is 9.59 Å². The van der Waals surface area contributed by atoms with Gasteiger partial charge in [0.25, 0.3) is 0 Å². The molecule has 3 aromatic rings. The molecule has 4 rings (SSSR count). The van der Waals surface area contributed by atoms with Crippen LogP contribution in [0.4, 0.5) is 0 Å². The van der Waals surface area contributed by atoms with Gasteiger partial charge in [-0.15, -0.1) is 0 Å². The number of rotatable bonds is 7. The summed E-state index contributed by atoms with van der Waals surface area (Å²) in [5.41, 5.74) is 2.69. The molecule has 7 nitrogen and oxygen atoms in total. The van der Waals surface area contributed by atoms with Gasteiger partial charge in [0, 0.05) is 6.07 Å². The van der Waals surface area contributed by atoms with Crippen molar-refractivity contribution >= 4 is 17.8 Å². The lowest BCUT2D eigenvalue weighted by Gasteiger charge is -2.13. The van der Waals surface area contributed by atoms with Crippen molar-refractivity contribution in [3.63, 3.8) is 0 Å². The Balaban J connectivity index is 1.55. The van der Waals surface area contributed by atoms with E-state index in [1.165, 1.54) is 45.1 Å². The topological polar surface area (TPSA) is 80.3 Å². The molecule has 1 heterocycles. The van der Waals surface area contributed by atoms with Crippen LogP contribution < -0.4 is 23.7 Å². The molecule has 0 radical (unpaired) electrons. The van der Waals surface area contributed by atoms with E-state index >= 15 is 0 Å². The third-order valence-corrected chi connectivity index (χ3v) is 5.44. The number of benzene rings is 3. The van der Waals surface area contributed by atoms with Crippen molar-refractivity contribution in [3.05, 3.63) is 82.6 Å². The SMILES string of the molecule is CCc1ccc(/C=C2\Oc3cc(OC(=O)c4cc(OC)c(OC)c(OC)c4)ccc3C2=O)cc1. The monoisotopic (exact) mass is 460 g/mol. The van der Waals surface area contributed by atoms with Gasteiger partial charge in [-0.2, -0.15) is 0 Å². The van der Waals surface area contributed by atoms with Crippen molar-refractivity contribution in [2.24, 2.45) is 0 Å². The zero-order valence-electron chi connectivity index (χ0n) is 19.3. The second-order valence-electron chi connectivity index (χ2n) is 7.50. The van der Waals surface area contributed by atoms with E-state index in [0.29, 0.717) is 28.6 Å². The van der Waals surface area contributed by atoms with Crippen molar-refractivity contribution in [1.82, 2.24) is 0 Å². The van der Waals surface area contributed by atoms with Gasteiger partial charge in [-0.25, -0.2) is 4.79 Å². The molecule has 0 atom stereocenters. The van der Waals surface area contributed by atoms with Crippen molar-refractivity contribution in [2.75, 3.05) is 21.3 Å². The van der Waals surface area contributed by atoms with Gasteiger partial charge in [0.05, 0.1) is 32.5 Å². The number of hydrogen-bond acceptors (Lipinski definition) is 7. The summed E-state index contributed by atoms with van der Waals surface area (Å²) in [6.45, 7) is 2.08. The first-order chi connectivity index (χ1) is 16.5. The van der Waals surface area contributed by atoms with Gasteiger partial charge < -0.3 is 23.7 Å². The number of Topliss-reactive ketones (excluding diaryl/α,β-unsaturated/α-hetero) is 1. The number of aryl methyl sites for hydroxylation is 1. The number of esters is 1. The second-order valence-corrected chi connectivity index (χ2v) is 7.50. The van der Waals surface area contributed by atoms with E-state index in [1.807, 2.05) is 24.3 Å². The first-order valence-electron chi connectivity index (χ1n) is 10.7. The molecule has 174 valence electrons. The highest BCUT2D eigenvalue weighted by atomic mass is 16.5. The van der Waals surface area contributed by atoms with E-state index in [2.05, 4.69) is 6.92 Å². The third kappa shape index (κ3) is 4.45. The number of ketones is 1. The van der Waals surface area contributed by atoms with Crippen LogP contribution >= 0.6 is 0 Å². The van der Waals surface area contributed by atoms with Gasteiger partial charge in [0.1, 0.15) is 11.5 Å².